The van der Waals surface area contributed by atoms with E-state index in [1.54, 1.807) is 17.5 Å². The van der Waals surface area contributed by atoms with Crippen molar-refractivity contribution in [2.45, 2.75) is 43.8 Å². The van der Waals surface area contributed by atoms with Crippen LogP contribution in [0.15, 0.2) is 47.9 Å². The van der Waals surface area contributed by atoms with Gasteiger partial charge in [0.2, 0.25) is 5.91 Å². The second-order valence-electron chi connectivity index (χ2n) is 7.04. The smallest absolute Gasteiger partial charge is 0.235 e. The van der Waals surface area contributed by atoms with Crippen molar-refractivity contribution in [3.05, 3.63) is 64.3 Å². The van der Waals surface area contributed by atoms with Crippen LogP contribution in [0.4, 0.5) is 5.00 Å². The molecule has 2 aromatic heterocycles. The third-order valence-electron chi connectivity index (χ3n) is 4.99. The molecule has 1 aromatic carbocycles. The molecule has 148 valence electrons. The minimum atomic E-state index is -0.0998. The first-order valence-corrected chi connectivity index (χ1v) is 11.6. The summed E-state index contributed by atoms with van der Waals surface area (Å²) in [7, 11) is 0. The Morgan fingerprint density at radius 2 is 2.07 bits per heavy atom. The number of hydrogen-bond acceptors (Lipinski definition) is 5. The number of nitriles is 1. The van der Waals surface area contributed by atoms with E-state index in [-0.39, 0.29) is 11.7 Å². The minimum Gasteiger partial charge on any atom is -0.322 e. The average Bonchev–Trinajstić information content (AvgIpc) is 3.23. The Labute approximate surface area is 178 Å². The third-order valence-corrected chi connectivity index (χ3v) is 7.20. The molecule has 0 fully saturated rings. The lowest BCUT2D eigenvalue weighted by molar-refractivity contribution is -0.113. The van der Waals surface area contributed by atoms with Gasteiger partial charge < -0.3 is 9.88 Å². The maximum atomic E-state index is 12.6. The molecular weight excluding hydrogens is 400 g/mol. The zero-order chi connectivity index (χ0) is 20.1. The molecule has 7 heteroatoms. The number of carbonyl (C=O) groups is 1. The summed E-state index contributed by atoms with van der Waals surface area (Å²) in [5.41, 5.74) is 3.00. The zero-order valence-corrected chi connectivity index (χ0v) is 17.7. The van der Waals surface area contributed by atoms with Crippen molar-refractivity contribution in [2.75, 3.05) is 11.1 Å². The van der Waals surface area contributed by atoms with Crippen LogP contribution in [-0.4, -0.2) is 21.2 Å². The number of fused-ring (bicyclic) bond motifs is 1. The molecule has 3 aromatic rings. The number of benzene rings is 1. The van der Waals surface area contributed by atoms with Gasteiger partial charge in [-0.1, -0.05) is 48.5 Å². The molecule has 0 spiro atoms. The highest BCUT2D eigenvalue weighted by Gasteiger charge is 2.21. The molecule has 1 N–H and O–H groups in total. The lowest BCUT2D eigenvalue weighted by Gasteiger charge is -2.08. The SMILES string of the molecule is N#Cc1c(NC(=O)CSc2nccn2Cc2ccccc2)sc2c1CCCCC2. The Morgan fingerprint density at radius 3 is 2.90 bits per heavy atom. The van der Waals surface area contributed by atoms with Crippen LogP contribution in [0.25, 0.3) is 0 Å². The van der Waals surface area contributed by atoms with Crippen LogP contribution in [0.2, 0.25) is 0 Å². The molecule has 0 aliphatic heterocycles. The Hall–Kier alpha value is -2.56. The van der Waals surface area contributed by atoms with Gasteiger partial charge in [0.05, 0.1) is 11.3 Å². The molecule has 0 bridgehead atoms. The second kappa shape index (κ2) is 9.29. The van der Waals surface area contributed by atoms with Crippen molar-refractivity contribution in [1.82, 2.24) is 9.55 Å². The Balaban J connectivity index is 1.39. The van der Waals surface area contributed by atoms with E-state index >= 15 is 0 Å². The number of aryl methyl sites for hydroxylation is 1. The van der Waals surface area contributed by atoms with Crippen molar-refractivity contribution in [2.24, 2.45) is 0 Å². The fourth-order valence-corrected chi connectivity index (χ4v) is 5.59. The highest BCUT2D eigenvalue weighted by Crippen LogP contribution is 2.37. The molecule has 1 aliphatic rings. The van der Waals surface area contributed by atoms with Gasteiger partial charge in [-0.3, -0.25) is 4.79 Å². The van der Waals surface area contributed by atoms with Crippen molar-refractivity contribution in [1.29, 1.82) is 5.26 Å². The fraction of sp³-hybridized carbons (Fsp3) is 0.318. The first-order chi connectivity index (χ1) is 14.2. The largest absolute Gasteiger partial charge is 0.322 e. The number of nitrogens with zero attached hydrogens (tertiary/aromatic N) is 3. The lowest BCUT2D eigenvalue weighted by Crippen LogP contribution is -2.14. The molecule has 0 atom stereocenters. The van der Waals surface area contributed by atoms with Gasteiger partial charge in [0, 0.05) is 23.8 Å². The summed E-state index contributed by atoms with van der Waals surface area (Å²) in [6.07, 6.45) is 9.12. The second-order valence-corrected chi connectivity index (χ2v) is 9.09. The lowest BCUT2D eigenvalue weighted by atomic mass is 10.1. The molecular formula is C22H22N4OS2. The summed E-state index contributed by atoms with van der Waals surface area (Å²) in [6.45, 7) is 0.723. The molecule has 4 rings (SSSR count). The zero-order valence-electron chi connectivity index (χ0n) is 16.1. The van der Waals surface area contributed by atoms with Gasteiger partial charge in [0.15, 0.2) is 5.16 Å². The topological polar surface area (TPSA) is 70.7 Å². The molecule has 0 radical (unpaired) electrons. The van der Waals surface area contributed by atoms with Gasteiger partial charge in [0.1, 0.15) is 11.1 Å². The highest BCUT2D eigenvalue weighted by molar-refractivity contribution is 7.99. The summed E-state index contributed by atoms with van der Waals surface area (Å²) < 4.78 is 2.04. The molecule has 1 aliphatic carbocycles. The van der Waals surface area contributed by atoms with E-state index in [0.29, 0.717) is 10.6 Å². The Morgan fingerprint density at radius 1 is 1.24 bits per heavy atom. The normalized spacial score (nSPS) is 13.3. The first kappa shape index (κ1) is 19.7. The van der Waals surface area contributed by atoms with Crippen LogP contribution >= 0.6 is 23.1 Å². The number of anilines is 1. The number of thiophene rings is 1. The summed E-state index contributed by atoms with van der Waals surface area (Å²) in [6, 6.07) is 12.5. The van der Waals surface area contributed by atoms with Gasteiger partial charge in [-0.05, 0) is 36.8 Å². The maximum Gasteiger partial charge on any atom is 0.235 e. The molecule has 0 unspecified atom stereocenters. The molecule has 29 heavy (non-hydrogen) atoms. The fourth-order valence-electron chi connectivity index (χ4n) is 3.58. The molecule has 5 nitrogen and oxygen atoms in total. The Kier molecular flexibility index (Phi) is 6.33. The number of rotatable bonds is 6. The van der Waals surface area contributed by atoms with E-state index in [9.17, 15) is 10.1 Å². The van der Waals surface area contributed by atoms with Crippen LogP contribution in [0.1, 0.15) is 40.8 Å². The van der Waals surface area contributed by atoms with Crippen LogP contribution < -0.4 is 5.32 Å². The van der Waals surface area contributed by atoms with E-state index < -0.39 is 0 Å². The number of aromatic nitrogens is 2. The van der Waals surface area contributed by atoms with Crippen molar-refractivity contribution in [3.8, 4) is 6.07 Å². The first-order valence-electron chi connectivity index (χ1n) is 9.77. The predicted molar refractivity (Wildman–Crippen MR) is 117 cm³/mol. The van der Waals surface area contributed by atoms with Gasteiger partial charge in [0.25, 0.3) is 0 Å². The van der Waals surface area contributed by atoms with Crippen molar-refractivity contribution >= 4 is 34.0 Å². The number of nitrogens with one attached hydrogen (secondary N) is 1. The predicted octanol–water partition coefficient (Wildman–Crippen LogP) is 4.86. The summed E-state index contributed by atoms with van der Waals surface area (Å²) in [5, 5.41) is 14.1. The Bertz CT molecular complexity index is 1030. The van der Waals surface area contributed by atoms with Crippen LogP contribution in [-0.2, 0) is 24.2 Å². The standard InChI is InChI=1S/C22H22N4OS2/c23-13-18-17-9-5-2-6-10-19(17)29-21(18)25-20(27)15-28-22-24-11-12-26(22)14-16-7-3-1-4-8-16/h1,3-4,7-8,11-12H,2,5-6,9-10,14-15H2,(H,25,27). The minimum absolute atomic E-state index is 0.0998. The molecule has 0 saturated carbocycles. The van der Waals surface area contributed by atoms with Crippen LogP contribution in [0, 0.1) is 11.3 Å². The van der Waals surface area contributed by atoms with Gasteiger partial charge in [-0.2, -0.15) is 5.26 Å². The summed E-state index contributed by atoms with van der Waals surface area (Å²) in [5.74, 6) is 0.163. The molecule has 2 heterocycles. The van der Waals surface area contributed by atoms with Crippen LogP contribution in [0.3, 0.4) is 0 Å². The van der Waals surface area contributed by atoms with Crippen LogP contribution in [0.5, 0.6) is 0 Å². The third kappa shape index (κ3) is 4.72. The van der Waals surface area contributed by atoms with E-state index in [1.807, 2.05) is 29.0 Å². The summed E-state index contributed by atoms with van der Waals surface area (Å²) in [4.78, 5) is 18.2. The average molecular weight is 423 g/mol. The number of carbonyl (C=O) groups excluding carboxylic acids is 1. The van der Waals surface area contributed by atoms with Crippen molar-refractivity contribution in [3.63, 3.8) is 0 Å². The number of thioether (sulfide) groups is 1. The quantitative estimate of drug-likeness (QED) is 0.455. The maximum absolute atomic E-state index is 12.6. The molecule has 0 saturated heterocycles. The number of imidazole rings is 1. The van der Waals surface area contributed by atoms with Gasteiger partial charge in [-0.15, -0.1) is 11.3 Å². The van der Waals surface area contributed by atoms with E-state index in [1.165, 1.54) is 28.6 Å². The highest BCUT2D eigenvalue weighted by atomic mass is 32.2. The molecule has 1 amide bonds. The van der Waals surface area contributed by atoms with E-state index in [0.717, 1.165) is 42.9 Å². The number of amides is 1. The van der Waals surface area contributed by atoms with Gasteiger partial charge in [-0.25, -0.2) is 4.98 Å². The summed E-state index contributed by atoms with van der Waals surface area (Å²) >= 11 is 2.99. The number of hydrogen-bond donors (Lipinski definition) is 1. The monoisotopic (exact) mass is 422 g/mol. The van der Waals surface area contributed by atoms with E-state index in [4.69, 9.17) is 0 Å². The van der Waals surface area contributed by atoms with Gasteiger partial charge >= 0.3 is 0 Å². The van der Waals surface area contributed by atoms with Crippen molar-refractivity contribution < 1.29 is 4.79 Å². The van der Waals surface area contributed by atoms with E-state index in [2.05, 4.69) is 28.5 Å².